The molecular formula is C25H26N2O3S. The first kappa shape index (κ1) is 22.3. The SMILES string of the molecule is Cc1ccc(CCCOc2ccc(/C=C/C(=O)OSc3ccc(N)cc3N)cc2)cc1. The van der Waals surface area contributed by atoms with E-state index in [1.54, 1.807) is 24.3 Å². The van der Waals surface area contributed by atoms with Crippen LogP contribution in [0, 0.1) is 6.92 Å². The van der Waals surface area contributed by atoms with Crippen LogP contribution in [0.3, 0.4) is 0 Å². The highest BCUT2D eigenvalue weighted by Crippen LogP contribution is 2.27. The van der Waals surface area contributed by atoms with Crippen LogP contribution in [0.1, 0.15) is 23.1 Å². The highest BCUT2D eigenvalue weighted by atomic mass is 32.2. The third-order valence-corrected chi connectivity index (χ3v) is 5.34. The first-order valence-corrected chi connectivity index (χ1v) is 10.7. The van der Waals surface area contributed by atoms with Crippen LogP contribution in [-0.4, -0.2) is 12.6 Å². The van der Waals surface area contributed by atoms with Crippen molar-refractivity contribution in [2.75, 3.05) is 18.1 Å². The van der Waals surface area contributed by atoms with E-state index in [9.17, 15) is 4.79 Å². The van der Waals surface area contributed by atoms with Crippen molar-refractivity contribution in [3.8, 4) is 5.75 Å². The van der Waals surface area contributed by atoms with Crippen molar-refractivity contribution in [1.82, 2.24) is 0 Å². The lowest BCUT2D eigenvalue weighted by Crippen LogP contribution is -1.99. The molecule has 0 unspecified atom stereocenters. The van der Waals surface area contributed by atoms with Gasteiger partial charge in [0.05, 0.1) is 29.2 Å². The number of rotatable bonds is 9. The molecule has 0 aliphatic rings. The molecule has 0 radical (unpaired) electrons. The maximum atomic E-state index is 11.9. The van der Waals surface area contributed by atoms with E-state index in [2.05, 4.69) is 31.2 Å². The molecule has 0 aliphatic heterocycles. The summed E-state index contributed by atoms with van der Waals surface area (Å²) in [6, 6.07) is 21.2. The number of carbonyl (C=O) groups is 1. The molecule has 3 aromatic carbocycles. The number of aryl methyl sites for hydroxylation is 2. The molecule has 0 amide bonds. The molecule has 0 aromatic heterocycles. The Morgan fingerprint density at radius 3 is 2.45 bits per heavy atom. The monoisotopic (exact) mass is 434 g/mol. The van der Waals surface area contributed by atoms with E-state index >= 15 is 0 Å². The van der Waals surface area contributed by atoms with Crippen LogP contribution in [0.5, 0.6) is 5.75 Å². The van der Waals surface area contributed by atoms with Gasteiger partial charge in [-0.05, 0) is 67.3 Å². The topological polar surface area (TPSA) is 87.6 Å². The quantitative estimate of drug-likeness (QED) is 0.202. The second kappa shape index (κ2) is 11.1. The average molecular weight is 435 g/mol. The summed E-state index contributed by atoms with van der Waals surface area (Å²) in [5.41, 5.74) is 16.0. The molecule has 3 aromatic rings. The van der Waals surface area contributed by atoms with Gasteiger partial charge in [-0.1, -0.05) is 42.0 Å². The van der Waals surface area contributed by atoms with Gasteiger partial charge < -0.3 is 20.4 Å². The molecule has 0 aliphatic carbocycles. The number of nitrogen functional groups attached to an aromatic ring is 2. The molecule has 0 saturated heterocycles. The van der Waals surface area contributed by atoms with Crippen molar-refractivity contribution in [3.05, 3.63) is 89.5 Å². The first-order valence-electron chi connectivity index (χ1n) is 9.99. The molecule has 0 bridgehead atoms. The van der Waals surface area contributed by atoms with Gasteiger partial charge in [-0.3, -0.25) is 0 Å². The van der Waals surface area contributed by atoms with E-state index in [4.69, 9.17) is 20.4 Å². The maximum Gasteiger partial charge on any atom is 0.343 e. The summed E-state index contributed by atoms with van der Waals surface area (Å²) in [5.74, 6) is 0.329. The zero-order valence-corrected chi connectivity index (χ0v) is 18.2. The van der Waals surface area contributed by atoms with E-state index in [0.29, 0.717) is 22.9 Å². The third kappa shape index (κ3) is 7.42. The van der Waals surface area contributed by atoms with E-state index < -0.39 is 5.97 Å². The van der Waals surface area contributed by atoms with Crippen molar-refractivity contribution < 1.29 is 13.7 Å². The maximum absolute atomic E-state index is 11.9. The summed E-state index contributed by atoms with van der Waals surface area (Å²) in [7, 11) is 0. The van der Waals surface area contributed by atoms with Gasteiger partial charge >= 0.3 is 5.97 Å². The summed E-state index contributed by atoms with van der Waals surface area (Å²) < 4.78 is 10.9. The van der Waals surface area contributed by atoms with E-state index in [1.807, 2.05) is 24.3 Å². The Morgan fingerprint density at radius 1 is 1.00 bits per heavy atom. The predicted molar refractivity (Wildman–Crippen MR) is 128 cm³/mol. The summed E-state index contributed by atoms with van der Waals surface area (Å²) in [6.07, 6.45) is 5.00. The van der Waals surface area contributed by atoms with Crippen LogP contribution in [-0.2, 0) is 15.4 Å². The van der Waals surface area contributed by atoms with Crippen molar-refractivity contribution in [2.45, 2.75) is 24.7 Å². The number of hydrogen-bond acceptors (Lipinski definition) is 6. The fourth-order valence-electron chi connectivity index (χ4n) is 2.82. The molecule has 5 nitrogen and oxygen atoms in total. The third-order valence-electron chi connectivity index (χ3n) is 4.54. The van der Waals surface area contributed by atoms with Gasteiger partial charge in [0, 0.05) is 11.8 Å². The van der Waals surface area contributed by atoms with Crippen LogP contribution < -0.4 is 16.2 Å². The number of benzene rings is 3. The molecular weight excluding hydrogens is 408 g/mol. The summed E-state index contributed by atoms with van der Waals surface area (Å²) in [4.78, 5) is 12.6. The summed E-state index contributed by atoms with van der Waals surface area (Å²) in [5, 5.41) is 0. The second-order valence-electron chi connectivity index (χ2n) is 7.12. The van der Waals surface area contributed by atoms with Gasteiger partial charge in [-0.15, -0.1) is 0 Å². The van der Waals surface area contributed by atoms with Gasteiger partial charge in [0.15, 0.2) is 0 Å². The number of anilines is 2. The molecule has 4 N–H and O–H groups in total. The average Bonchev–Trinajstić information content (AvgIpc) is 2.77. The van der Waals surface area contributed by atoms with Crippen LogP contribution >= 0.6 is 12.0 Å². The lowest BCUT2D eigenvalue weighted by molar-refractivity contribution is -0.127. The van der Waals surface area contributed by atoms with E-state index in [1.165, 1.54) is 17.2 Å². The minimum Gasteiger partial charge on any atom is -0.494 e. The van der Waals surface area contributed by atoms with Gasteiger partial charge in [0.1, 0.15) is 5.75 Å². The highest BCUT2D eigenvalue weighted by molar-refractivity contribution is 7.95. The minimum absolute atomic E-state index is 0.469. The Kier molecular flexibility index (Phi) is 8.01. The van der Waals surface area contributed by atoms with Crippen molar-refractivity contribution >= 4 is 35.5 Å². The van der Waals surface area contributed by atoms with Gasteiger partial charge in [-0.2, -0.15) is 0 Å². The van der Waals surface area contributed by atoms with Crippen LogP contribution in [0.4, 0.5) is 11.4 Å². The van der Waals surface area contributed by atoms with Crippen LogP contribution in [0.25, 0.3) is 6.08 Å². The Balaban J connectivity index is 1.40. The van der Waals surface area contributed by atoms with Crippen molar-refractivity contribution in [3.63, 3.8) is 0 Å². The first-order chi connectivity index (χ1) is 15.0. The largest absolute Gasteiger partial charge is 0.494 e. The molecule has 31 heavy (non-hydrogen) atoms. The predicted octanol–water partition coefficient (Wildman–Crippen LogP) is 5.43. The summed E-state index contributed by atoms with van der Waals surface area (Å²) in [6.45, 7) is 2.74. The molecule has 0 heterocycles. The molecule has 6 heteroatoms. The molecule has 0 atom stereocenters. The zero-order chi connectivity index (χ0) is 22.1. The Labute approximate surface area is 187 Å². The smallest absolute Gasteiger partial charge is 0.343 e. The second-order valence-corrected chi connectivity index (χ2v) is 7.90. The molecule has 0 saturated carbocycles. The van der Waals surface area contributed by atoms with E-state index in [0.717, 1.165) is 36.2 Å². The Hall–Kier alpha value is -3.38. The Morgan fingerprint density at radius 2 is 1.74 bits per heavy atom. The fourth-order valence-corrected chi connectivity index (χ4v) is 3.32. The molecule has 0 spiro atoms. The van der Waals surface area contributed by atoms with Crippen LogP contribution in [0.15, 0.2) is 77.7 Å². The van der Waals surface area contributed by atoms with Gasteiger partial charge in [-0.25, -0.2) is 4.79 Å². The lowest BCUT2D eigenvalue weighted by Gasteiger charge is -2.07. The number of carbonyl (C=O) groups excluding carboxylic acids is 1. The Bertz CT molecular complexity index is 1030. The minimum atomic E-state index is -0.474. The van der Waals surface area contributed by atoms with E-state index in [-0.39, 0.29) is 0 Å². The van der Waals surface area contributed by atoms with Gasteiger partial charge in [0.25, 0.3) is 0 Å². The van der Waals surface area contributed by atoms with Crippen molar-refractivity contribution in [2.24, 2.45) is 0 Å². The standard InChI is InChI=1S/C25H26N2O3S/c1-18-4-6-19(7-5-18)3-2-16-29-22-12-8-20(9-13-22)10-15-25(28)30-31-24-14-11-21(26)17-23(24)27/h4-15,17H,2-3,16,26-27H2,1H3/b15-10+. The van der Waals surface area contributed by atoms with Gasteiger partial charge in [0.2, 0.25) is 0 Å². The molecule has 0 fully saturated rings. The number of ether oxygens (including phenoxy) is 1. The number of hydrogen-bond donors (Lipinski definition) is 2. The summed E-state index contributed by atoms with van der Waals surface area (Å²) >= 11 is 0.910. The van der Waals surface area contributed by atoms with Crippen LogP contribution in [0.2, 0.25) is 0 Å². The molecule has 3 rings (SSSR count). The fraction of sp³-hybridized carbons (Fsp3) is 0.160. The number of nitrogens with two attached hydrogens (primary N) is 2. The highest BCUT2D eigenvalue weighted by Gasteiger charge is 2.05. The normalized spacial score (nSPS) is 10.9. The molecule has 160 valence electrons. The zero-order valence-electron chi connectivity index (χ0n) is 17.4. The van der Waals surface area contributed by atoms with Crippen molar-refractivity contribution in [1.29, 1.82) is 0 Å². The lowest BCUT2D eigenvalue weighted by atomic mass is 10.1.